The molecule has 3 aromatic heterocycles. The molecule has 10 heteroatoms. The minimum absolute atomic E-state index is 0.160. The number of pyridine rings is 1. The van der Waals surface area contributed by atoms with Gasteiger partial charge in [0.25, 0.3) is 0 Å². The lowest BCUT2D eigenvalue weighted by Crippen LogP contribution is -2.43. The first-order chi connectivity index (χ1) is 21.9. The van der Waals surface area contributed by atoms with Gasteiger partial charge in [-0.05, 0) is 61.0 Å². The van der Waals surface area contributed by atoms with Crippen molar-refractivity contribution in [1.82, 2.24) is 24.9 Å². The van der Waals surface area contributed by atoms with Gasteiger partial charge in [-0.3, -0.25) is 9.78 Å². The number of carbonyl (C=O) groups excluding carboxylic acids is 1. The summed E-state index contributed by atoms with van der Waals surface area (Å²) >= 11 is 0. The second kappa shape index (κ2) is 13.5. The molecule has 2 aromatic carbocycles. The number of amides is 1. The average molecular weight is 605 g/mol. The van der Waals surface area contributed by atoms with E-state index in [4.69, 9.17) is 9.97 Å². The fourth-order valence-corrected chi connectivity index (χ4v) is 5.87. The molecule has 4 heterocycles. The van der Waals surface area contributed by atoms with E-state index in [1.54, 1.807) is 12.3 Å². The van der Waals surface area contributed by atoms with Crippen LogP contribution in [-0.4, -0.2) is 56.3 Å². The summed E-state index contributed by atoms with van der Waals surface area (Å²) in [6.45, 7) is 8.80. The maximum atomic E-state index is 12.1. The molecule has 1 aliphatic heterocycles. The van der Waals surface area contributed by atoms with Crippen LogP contribution in [0, 0.1) is 5.92 Å². The molecule has 1 fully saturated rings. The summed E-state index contributed by atoms with van der Waals surface area (Å²) in [5.41, 5.74) is 5.60. The Kier molecular flexibility index (Phi) is 9.04. The number of allylic oxidation sites excluding steroid dienone is 1. The number of aliphatic hydroxyl groups excluding tert-OH is 1. The Bertz CT molecular complexity index is 1850. The van der Waals surface area contributed by atoms with Crippen LogP contribution >= 0.6 is 0 Å². The standard InChI is InChI=1S/C35H40N8O2/c1-4-7-33(45)41-26-10-11-28-23(16-26)13-15-37-34(28)27-9-6-5-8-24(27)18-39-32-17-31(38-19-25-12-14-36-21-30(25)44)42-35-29(22(2)3)20-40-43(32)35/h4-11,13,15-17,20,22,25,30,36,39,44H,12,14,18-19,21H2,1-3H3,(H,38,42)(H,41,45)/b7-4+/t25-,30+/m1/s1. The molecule has 0 unspecified atom stereocenters. The van der Waals surface area contributed by atoms with E-state index in [2.05, 4.69) is 52.3 Å². The molecule has 1 saturated heterocycles. The topological polar surface area (TPSA) is 128 Å². The smallest absolute Gasteiger partial charge is 0.248 e. The van der Waals surface area contributed by atoms with Gasteiger partial charge in [0.15, 0.2) is 5.65 Å². The van der Waals surface area contributed by atoms with Gasteiger partial charge in [0.2, 0.25) is 5.91 Å². The Balaban J connectivity index is 1.29. The van der Waals surface area contributed by atoms with Crippen molar-refractivity contribution in [2.24, 2.45) is 5.92 Å². The van der Waals surface area contributed by atoms with Gasteiger partial charge in [-0.2, -0.15) is 9.61 Å². The predicted octanol–water partition coefficient (Wildman–Crippen LogP) is 5.58. The Morgan fingerprint density at radius 1 is 1.16 bits per heavy atom. The van der Waals surface area contributed by atoms with Crippen molar-refractivity contribution in [3.63, 3.8) is 0 Å². The highest BCUT2D eigenvalue weighted by Crippen LogP contribution is 2.32. The summed E-state index contributed by atoms with van der Waals surface area (Å²) < 4.78 is 1.86. The fourth-order valence-electron chi connectivity index (χ4n) is 5.87. The molecule has 45 heavy (non-hydrogen) atoms. The first kappa shape index (κ1) is 30.2. The number of fused-ring (bicyclic) bond motifs is 2. The molecule has 0 spiro atoms. The van der Waals surface area contributed by atoms with Crippen molar-refractivity contribution in [1.29, 1.82) is 0 Å². The normalized spacial score (nSPS) is 16.9. The molecule has 1 aliphatic rings. The molecule has 232 valence electrons. The Hall–Kier alpha value is -4.80. The Morgan fingerprint density at radius 2 is 2.02 bits per heavy atom. The maximum absolute atomic E-state index is 12.1. The first-order valence-electron chi connectivity index (χ1n) is 15.6. The van der Waals surface area contributed by atoms with Crippen LogP contribution in [0.3, 0.4) is 0 Å². The predicted molar refractivity (Wildman–Crippen MR) is 180 cm³/mol. The van der Waals surface area contributed by atoms with E-state index in [0.717, 1.165) is 69.1 Å². The maximum Gasteiger partial charge on any atom is 0.248 e. The lowest BCUT2D eigenvalue weighted by Gasteiger charge is -2.28. The number of benzene rings is 2. The molecule has 0 radical (unpaired) electrons. The zero-order chi connectivity index (χ0) is 31.3. The van der Waals surface area contributed by atoms with Crippen molar-refractivity contribution in [3.05, 3.63) is 90.3 Å². The SMILES string of the molecule is C/C=C/C(=O)Nc1ccc2c(-c3ccccc3CNc3cc(NC[C@H]4CCNC[C@@H]4O)nc4c(C(C)C)cnn34)nccc2c1. The summed E-state index contributed by atoms with van der Waals surface area (Å²) in [7, 11) is 0. The zero-order valence-corrected chi connectivity index (χ0v) is 25.9. The Labute approximate surface area is 263 Å². The van der Waals surface area contributed by atoms with Gasteiger partial charge < -0.3 is 26.4 Å². The van der Waals surface area contributed by atoms with Crippen LogP contribution in [0.25, 0.3) is 27.7 Å². The highest BCUT2D eigenvalue weighted by atomic mass is 16.3. The van der Waals surface area contributed by atoms with Gasteiger partial charge in [0.1, 0.15) is 11.6 Å². The molecule has 0 bridgehead atoms. The fraction of sp³-hybridized carbons (Fsp3) is 0.314. The number of piperidine rings is 1. The lowest BCUT2D eigenvalue weighted by atomic mass is 9.95. The number of nitrogens with one attached hydrogen (secondary N) is 4. The molecule has 0 aliphatic carbocycles. The number of anilines is 3. The molecule has 6 rings (SSSR count). The molecule has 0 saturated carbocycles. The molecule has 2 atom stereocenters. The van der Waals surface area contributed by atoms with Gasteiger partial charge >= 0.3 is 0 Å². The van der Waals surface area contributed by atoms with Crippen molar-refractivity contribution >= 4 is 39.6 Å². The molecular weight excluding hydrogens is 564 g/mol. The number of carbonyl (C=O) groups is 1. The van der Waals surface area contributed by atoms with Crippen LogP contribution in [0.15, 0.2) is 79.1 Å². The van der Waals surface area contributed by atoms with E-state index >= 15 is 0 Å². The number of aromatic nitrogens is 4. The van der Waals surface area contributed by atoms with Gasteiger partial charge in [0.05, 0.1) is 18.0 Å². The van der Waals surface area contributed by atoms with Crippen molar-refractivity contribution < 1.29 is 9.90 Å². The van der Waals surface area contributed by atoms with E-state index in [-0.39, 0.29) is 23.8 Å². The summed E-state index contributed by atoms with van der Waals surface area (Å²) in [5.74, 6) is 1.84. The van der Waals surface area contributed by atoms with Crippen LogP contribution in [0.2, 0.25) is 0 Å². The summed E-state index contributed by atoms with van der Waals surface area (Å²) in [5, 5.41) is 30.4. The van der Waals surface area contributed by atoms with Gasteiger partial charge in [-0.1, -0.05) is 50.3 Å². The van der Waals surface area contributed by atoms with Crippen LogP contribution in [0.1, 0.15) is 44.2 Å². The molecule has 5 aromatic rings. The summed E-state index contributed by atoms with van der Waals surface area (Å²) in [4.78, 5) is 21.8. The Morgan fingerprint density at radius 3 is 2.84 bits per heavy atom. The summed E-state index contributed by atoms with van der Waals surface area (Å²) in [6.07, 6.45) is 7.45. The molecule has 5 N–H and O–H groups in total. The molecule has 1 amide bonds. The lowest BCUT2D eigenvalue weighted by molar-refractivity contribution is -0.111. The van der Waals surface area contributed by atoms with Crippen molar-refractivity contribution in [2.75, 3.05) is 35.6 Å². The van der Waals surface area contributed by atoms with Crippen LogP contribution in [-0.2, 0) is 11.3 Å². The largest absolute Gasteiger partial charge is 0.391 e. The number of aliphatic hydroxyl groups is 1. The molecular formula is C35H40N8O2. The number of β-amino-alcohol motifs (C(OH)–C–C–N with tert-alkyl or cyclic N) is 1. The third-order valence-electron chi connectivity index (χ3n) is 8.34. The van der Waals surface area contributed by atoms with E-state index in [1.807, 2.05) is 60.1 Å². The van der Waals surface area contributed by atoms with Gasteiger partial charge in [0, 0.05) is 60.0 Å². The number of hydrogen-bond acceptors (Lipinski definition) is 8. The second-order valence-corrected chi connectivity index (χ2v) is 11.8. The third-order valence-corrected chi connectivity index (χ3v) is 8.34. The van der Waals surface area contributed by atoms with Gasteiger partial charge in [-0.25, -0.2) is 4.98 Å². The molecule has 10 nitrogen and oxygen atoms in total. The number of nitrogens with zero attached hydrogens (tertiary/aromatic N) is 4. The average Bonchev–Trinajstić information content (AvgIpc) is 3.48. The van der Waals surface area contributed by atoms with E-state index in [0.29, 0.717) is 19.6 Å². The number of rotatable bonds is 10. The quantitative estimate of drug-likeness (QED) is 0.131. The monoisotopic (exact) mass is 604 g/mol. The highest BCUT2D eigenvalue weighted by Gasteiger charge is 2.23. The van der Waals surface area contributed by atoms with E-state index in [9.17, 15) is 9.90 Å². The number of hydrogen-bond donors (Lipinski definition) is 5. The zero-order valence-electron chi connectivity index (χ0n) is 25.9. The van der Waals surface area contributed by atoms with E-state index in [1.165, 1.54) is 6.08 Å². The third kappa shape index (κ3) is 6.67. The summed E-state index contributed by atoms with van der Waals surface area (Å²) in [6, 6.07) is 18.1. The van der Waals surface area contributed by atoms with Crippen LogP contribution in [0.4, 0.5) is 17.3 Å². The van der Waals surface area contributed by atoms with Crippen molar-refractivity contribution in [2.45, 2.75) is 45.8 Å². The second-order valence-electron chi connectivity index (χ2n) is 11.8. The minimum atomic E-state index is -0.378. The minimum Gasteiger partial charge on any atom is -0.391 e. The van der Waals surface area contributed by atoms with Gasteiger partial charge in [-0.15, -0.1) is 0 Å². The highest BCUT2D eigenvalue weighted by molar-refractivity contribution is 6.02. The van der Waals surface area contributed by atoms with Crippen LogP contribution in [0.5, 0.6) is 0 Å². The van der Waals surface area contributed by atoms with E-state index < -0.39 is 0 Å². The van der Waals surface area contributed by atoms with Crippen LogP contribution < -0.4 is 21.3 Å². The van der Waals surface area contributed by atoms with Crippen molar-refractivity contribution in [3.8, 4) is 11.3 Å². The first-order valence-corrected chi connectivity index (χ1v) is 15.6.